The molecule has 0 bridgehead atoms. The minimum atomic E-state index is -1.04. The standard InChI is InChI=1S/C14H18F2N2OS/c1-18(9-4-2-3-5-11(9)19)10-7-6-8(14(17)20)12(15)13(10)16/h6-7,9,11,19H,2-5H2,1H3,(H2,17,20). The van der Waals surface area contributed by atoms with Gasteiger partial charge in [0.15, 0.2) is 11.6 Å². The summed E-state index contributed by atoms with van der Waals surface area (Å²) >= 11 is 4.68. The van der Waals surface area contributed by atoms with Gasteiger partial charge in [-0.2, -0.15) is 0 Å². The van der Waals surface area contributed by atoms with Crippen LogP contribution in [0.1, 0.15) is 31.2 Å². The number of aliphatic hydroxyl groups excluding tert-OH is 1. The maximum absolute atomic E-state index is 14.1. The lowest BCUT2D eigenvalue weighted by atomic mass is 9.91. The van der Waals surface area contributed by atoms with Gasteiger partial charge in [0.1, 0.15) is 4.99 Å². The predicted octanol–water partition coefficient (Wildman–Crippen LogP) is 2.34. The SMILES string of the molecule is CN(c1ccc(C(N)=S)c(F)c1F)C1CCCCC1O. The predicted molar refractivity (Wildman–Crippen MR) is 78.9 cm³/mol. The van der Waals surface area contributed by atoms with Crippen molar-refractivity contribution in [1.82, 2.24) is 0 Å². The van der Waals surface area contributed by atoms with E-state index in [2.05, 4.69) is 12.2 Å². The summed E-state index contributed by atoms with van der Waals surface area (Å²) in [6.45, 7) is 0. The van der Waals surface area contributed by atoms with Crippen LogP contribution in [0.4, 0.5) is 14.5 Å². The molecule has 1 saturated carbocycles. The highest BCUT2D eigenvalue weighted by Crippen LogP contribution is 2.30. The molecule has 0 spiro atoms. The maximum atomic E-state index is 14.1. The van der Waals surface area contributed by atoms with Gasteiger partial charge in [-0.25, -0.2) is 8.78 Å². The van der Waals surface area contributed by atoms with Gasteiger partial charge < -0.3 is 15.7 Å². The minimum absolute atomic E-state index is 0.0983. The molecule has 20 heavy (non-hydrogen) atoms. The van der Waals surface area contributed by atoms with Crippen LogP contribution in [0.25, 0.3) is 0 Å². The van der Waals surface area contributed by atoms with Crippen LogP contribution in [-0.2, 0) is 0 Å². The van der Waals surface area contributed by atoms with Crippen molar-refractivity contribution in [1.29, 1.82) is 0 Å². The van der Waals surface area contributed by atoms with Gasteiger partial charge in [0, 0.05) is 12.6 Å². The van der Waals surface area contributed by atoms with Gasteiger partial charge in [-0.3, -0.25) is 0 Å². The first-order valence-electron chi connectivity index (χ1n) is 6.62. The quantitative estimate of drug-likeness (QED) is 0.841. The van der Waals surface area contributed by atoms with Gasteiger partial charge in [-0.1, -0.05) is 25.1 Å². The molecule has 0 radical (unpaired) electrons. The molecule has 0 amide bonds. The number of likely N-dealkylation sites (N-methyl/N-ethyl adjacent to an activating group) is 1. The van der Waals surface area contributed by atoms with E-state index in [9.17, 15) is 13.9 Å². The summed E-state index contributed by atoms with van der Waals surface area (Å²) in [5, 5.41) is 10.0. The van der Waals surface area contributed by atoms with Crippen molar-refractivity contribution < 1.29 is 13.9 Å². The smallest absolute Gasteiger partial charge is 0.182 e. The molecule has 0 aromatic heterocycles. The molecular formula is C14H18F2N2OS. The first-order chi connectivity index (χ1) is 9.43. The molecule has 1 aromatic rings. The molecule has 6 heteroatoms. The zero-order valence-corrected chi connectivity index (χ0v) is 12.1. The maximum Gasteiger partial charge on any atom is 0.182 e. The van der Waals surface area contributed by atoms with E-state index in [1.165, 1.54) is 12.1 Å². The van der Waals surface area contributed by atoms with Gasteiger partial charge in [0.25, 0.3) is 0 Å². The normalized spacial score (nSPS) is 22.6. The molecule has 1 aliphatic carbocycles. The lowest BCUT2D eigenvalue weighted by molar-refractivity contribution is 0.106. The van der Waals surface area contributed by atoms with E-state index in [-0.39, 0.29) is 22.3 Å². The molecule has 110 valence electrons. The average molecular weight is 300 g/mol. The third kappa shape index (κ3) is 2.76. The summed E-state index contributed by atoms with van der Waals surface area (Å²) in [5.41, 5.74) is 5.37. The Morgan fingerprint density at radius 2 is 1.95 bits per heavy atom. The van der Waals surface area contributed by atoms with Crippen molar-refractivity contribution in [3.8, 4) is 0 Å². The van der Waals surface area contributed by atoms with Gasteiger partial charge in [-0.05, 0) is 25.0 Å². The minimum Gasteiger partial charge on any atom is -0.391 e. The molecule has 2 unspecified atom stereocenters. The second-order valence-electron chi connectivity index (χ2n) is 5.15. The molecule has 3 N–H and O–H groups in total. The van der Waals surface area contributed by atoms with Gasteiger partial charge >= 0.3 is 0 Å². The zero-order valence-electron chi connectivity index (χ0n) is 11.3. The van der Waals surface area contributed by atoms with E-state index in [4.69, 9.17) is 5.73 Å². The summed E-state index contributed by atoms with van der Waals surface area (Å²) in [6, 6.07) is 2.63. The van der Waals surface area contributed by atoms with E-state index in [0.717, 1.165) is 19.3 Å². The Hall–Kier alpha value is -1.27. The number of anilines is 1. The Labute approximate surface area is 122 Å². The largest absolute Gasteiger partial charge is 0.391 e. The van der Waals surface area contributed by atoms with Crippen LogP contribution >= 0.6 is 12.2 Å². The fraction of sp³-hybridized carbons (Fsp3) is 0.500. The number of nitrogens with two attached hydrogens (primary N) is 1. The molecule has 0 saturated heterocycles. The number of halogens is 2. The first-order valence-corrected chi connectivity index (χ1v) is 7.03. The summed E-state index contributed by atoms with van der Waals surface area (Å²) in [7, 11) is 1.66. The van der Waals surface area contributed by atoms with E-state index in [1.807, 2.05) is 0 Å². The average Bonchev–Trinajstić information content (AvgIpc) is 2.41. The first kappa shape index (κ1) is 15.1. The Bertz CT molecular complexity index is 524. The summed E-state index contributed by atoms with van der Waals surface area (Å²) in [6.07, 6.45) is 2.86. The molecule has 2 atom stereocenters. The summed E-state index contributed by atoms with van der Waals surface area (Å²) < 4.78 is 28.0. The Balaban J connectivity index is 2.33. The number of hydrogen-bond acceptors (Lipinski definition) is 3. The highest BCUT2D eigenvalue weighted by atomic mass is 32.1. The van der Waals surface area contributed by atoms with Crippen LogP contribution in [0.3, 0.4) is 0 Å². The fourth-order valence-corrected chi connectivity index (χ4v) is 2.88. The number of rotatable bonds is 3. The molecule has 1 fully saturated rings. The molecule has 3 nitrogen and oxygen atoms in total. The van der Waals surface area contributed by atoms with Crippen molar-refractivity contribution in [3.05, 3.63) is 29.3 Å². The third-order valence-corrected chi connectivity index (χ3v) is 4.12. The molecule has 1 aliphatic rings. The topological polar surface area (TPSA) is 49.5 Å². The van der Waals surface area contributed by atoms with E-state index < -0.39 is 17.7 Å². The van der Waals surface area contributed by atoms with Gasteiger partial charge in [0.2, 0.25) is 0 Å². The van der Waals surface area contributed by atoms with Gasteiger partial charge in [-0.15, -0.1) is 0 Å². The number of thiocarbonyl (C=S) groups is 1. The van der Waals surface area contributed by atoms with Crippen molar-refractivity contribution in [2.45, 2.75) is 37.8 Å². The number of nitrogens with zero attached hydrogens (tertiary/aromatic N) is 1. The molecule has 1 aromatic carbocycles. The number of aliphatic hydroxyl groups is 1. The Morgan fingerprint density at radius 1 is 1.30 bits per heavy atom. The fourth-order valence-electron chi connectivity index (χ4n) is 2.72. The van der Waals surface area contributed by atoms with Gasteiger partial charge in [0.05, 0.1) is 17.8 Å². The second kappa shape index (κ2) is 6.01. The van der Waals surface area contributed by atoms with E-state index in [0.29, 0.717) is 6.42 Å². The van der Waals surface area contributed by atoms with Crippen LogP contribution in [0.5, 0.6) is 0 Å². The van der Waals surface area contributed by atoms with E-state index >= 15 is 0 Å². The lowest BCUT2D eigenvalue weighted by Gasteiger charge is -2.36. The van der Waals surface area contributed by atoms with Crippen LogP contribution < -0.4 is 10.6 Å². The van der Waals surface area contributed by atoms with Crippen molar-refractivity contribution in [2.75, 3.05) is 11.9 Å². The van der Waals surface area contributed by atoms with Crippen LogP contribution in [0, 0.1) is 11.6 Å². The zero-order chi connectivity index (χ0) is 14.9. The van der Waals surface area contributed by atoms with Crippen molar-refractivity contribution in [2.24, 2.45) is 5.73 Å². The Morgan fingerprint density at radius 3 is 2.55 bits per heavy atom. The monoisotopic (exact) mass is 300 g/mol. The van der Waals surface area contributed by atoms with Crippen LogP contribution in [-0.4, -0.2) is 29.3 Å². The highest BCUT2D eigenvalue weighted by molar-refractivity contribution is 7.80. The molecule has 0 heterocycles. The van der Waals surface area contributed by atoms with Crippen LogP contribution in [0.2, 0.25) is 0 Å². The number of benzene rings is 1. The van der Waals surface area contributed by atoms with Crippen molar-refractivity contribution >= 4 is 22.9 Å². The third-order valence-electron chi connectivity index (χ3n) is 3.90. The summed E-state index contributed by atoms with van der Waals surface area (Å²) in [4.78, 5) is 1.43. The van der Waals surface area contributed by atoms with Crippen LogP contribution in [0.15, 0.2) is 12.1 Å². The highest BCUT2D eigenvalue weighted by Gasteiger charge is 2.29. The molecular weight excluding hydrogens is 282 g/mol. The summed E-state index contributed by atoms with van der Waals surface area (Å²) in [5.74, 6) is -2.01. The van der Waals surface area contributed by atoms with Crippen molar-refractivity contribution in [3.63, 3.8) is 0 Å². The number of hydrogen-bond donors (Lipinski definition) is 2. The van der Waals surface area contributed by atoms with E-state index in [1.54, 1.807) is 11.9 Å². The molecule has 2 rings (SSSR count). The lowest BCUT2D eigenvalue weighted by Crippen LogP contribution is -2.44. The second-order valence-corrected chi connectivity index (χ2v) is 5.59. The molecule has 0 aliphatic heterocycles. The Kier molecular flexibility index (Phi) is 4.55.